The smallest absolute Gasteiger partial charge is 0.266 e. The summed E-state index contributed by atoms with van der Waals surface area (Å²) in [6, 6.07) is 5.89. The van der Waals surface area contributed by atoms with E-state index >= 15 is 0 Å². The second kappa shape index (κ2) is 6.62. The van der Waals surface area contributed by atoms with E-state index in [1.165, 1.54) is 11.8 Å². The number of aliphatic imine (C=N–C) groups is 1. The molecule has 1 heterocycles. The second-order valence-corrected chi connectivity index (χ2v) is 6.28. The number of amidine groups is 1. The first-order valence-corrected chi connectivity index (χ1v) is 8.03. The van der Waals surface area contributed by atoms with Crippen LogP contribution in [-0.2, 0) is 4.79 Å². The number of hydrogen-bond donors (Lipinski definition) is 0. The number of hydrogen-bond acceptors (Lipinski definition) is 4. The lowest BCUT2D eigenvalue weighted by molar-refractivity contribution is -0.121. The minimum absolute atomic E-state index is 0.0144. The standard InChI is InChI=1S/C14H15IN2O2S/c1-4-19-11-6-5-9(7-10(11)15)8-12-13(18)17(3)14(16-2)20-12/h5-8H,4H2,1-3H3/b12-8+,16-14?. The topological polar surface area (TPSA) is 41.9 Å². The zero-order valence-electron chi connectivity index (χ0n) is 11.5. The van der Waals surface area contributed by atoms with Gasteiger partial charge in [-0.1, -0.05) is 6.07 Å². The van der Waals surface area contributed by atoms with Crippen molar-refractivity contribution in [2.24, 2.45) is 4.99 Å². The molecule has 0 aromatic heterocycles. The molecule has 1 fully saturated rings. The number of rotatable bonds is 3. The predicted molar refractivity (Wildman–Crippen MR) is 92.0 cm³/mol. The van der Waals surface area contributed by atoms with E-state index in [1.807, 2.05) is 31.2 Å². The van der Waals surface area contributed by atoms with Crippen LogP contribution < -0.4 is 4.74 Å². The van der Waals surface area contributed by atoms with Gasteiger partial charge in [-0.15, -0.1) is 0 Å². The van der Waals surface area contributed by atoms with E-state index < -0.39 is 0 Å². The van der Waals surface area contributed by atoms with Crippen molar-refractivity contribution in [2.45, 2.75) is 6.92 Å². The Morgan fingerprint density at radius 1 is 1.50 bits per heavy atom. The monoisotopic (exact) mass is 402 g/mol. The lowest BCUT2D eigenvalue weighted by Gasteiger charge is -2.06. The van der Waals surface area contributed by atoms with Crippen LogP contribution in [0.5, 0.6) is 5.75 Å². The summed E-state index contributed by atoms with van der Waals surface area (Å²) in [5, 5.41) is 0.724. The molecule has 0 N–H and O–H groups in total. The fraction of sp³-hybridized carbons (Fsp3) is 0.286. The predicted octanol–water partition coefficient (Wildman–Crippen LogP) is 3.22. The molecule has 1 aliphatic heterocycles. The summed E-state index contributed by atoms with van der Waals surface area (Å²) < 4.78 is 6.54. The summed E-state index contributed by atoms with van der Waals surface area (Å²) in [6.45, 7) is 2.60. The Morgan fingerprint density at radius 2 is 2.25 bits per heavy atom. The van der Waals surface area contributed by atoms with Gasteiger partial charge in [0.05, 0.1) is 15.1 Å². The Kier molecular flexibility index (Phi) is 5.09. The maximum absolute atomic E-state index is 12.1. The van der Waals surface area contributed by atoms with Gasteiger partial charge in [0, 0.05) is 14.1 Å². The van der Waals surface area contributed by atoms with Gasteiger partial charge in [-0.25, -0.2) is 0 Å². The van der Waals surface area contributed by atoms with Crippen LogP contribution in [0.2, 0.25) is 0 Å². The van der Waals surface area contributed by atoms with Crippen molar-refractivity contribution in [2.75, 3.05) is 20.7 Å². The first-order valence-electron chi connectivity index (χ1n) is 6.13. The van der Waals surface area contributed by atoms with Crippen LogP contribution in [0.15, 0.2) is 28.1 Å². The van der Waals surface area contributed by atoms with Gasteiger partial charge in [-0.2, -0.15) is 0 Å². The lowest BCUT2D eigenvalue weighted by Crippen LogP contribution is -2.23. The number of carbonyl (C=O) groups excluding carboxylic acids is 1. The molecule has 1 saturated heterocycles. The Hall–Kier alpha value is -1.02. The minimum atomic E-state index is -0.0144. The van der Waals surface area contributed by atoms with Gasteiger partial charge in [0.25, 0.3) is 5.91 Å². The highest BCUT2D eigenvalue weighted by Gasteiger charge is 2.29. The highest BCUT2D eigenvalue weighted by atomic mass is 127. The van der Waals surface area contributed by atoms with Gasteiger partial charge >= 0.3 is 0 Å². The second-order valence-electron chi connectivity index (χ2n) is 4.10. The van der Waals surface area contributed by atoms with Crippen molar-refractivity contribution < 1.29 is 9.53 Å². The molecule has 1 amide bonds. The SMILES string of the molecule is CCOc1ccc(/C=C2/SC(=NC)N(C)C2=O)cc1I. The van der Waals surface area contributed by atoms with Crippen molar-refractivity contribution in [3.8, 4) is 5.75 Å². The molecule has 0 atom stereocenters. The molecule has 0 aliphatic carbocycles. The number of carbonyl (C=O) groups is 1. The third-order valence-corrected chi connectivity index (χ3v) is 4.74. The van der Waals surface area contributed by atoms with Gasteiger partial charge in [-0.3, -0.25) is 14.7 Å². The molecule has 0 bridgehead atoms. The minimum Gasteiger partial charge on any atom is -0.493 e. The number of amides is 1. The van der Waals surface area contributed by atoms with E-state index in [0.717, 1.165) is 20.1 Å². The zero-order chi connectivity index (χ0) is 14.7. The number of ether oxygens (including phenoxy) is 1. The summed E-state index contributed by atoms with van der Waals surface area (Å²) in [5.41, 5.74) is 0.986. The fourth-order valence-corrected chi connectivity index (χ4v) is 3.40. The molecule has 2 rings (SSSR count). The lowest BCUT2D eigenvalue weighted by atomic mass is 10.2. The molecule has 1 aromatic carbocycles. The fourth-order valence-electron chi connectivity index (χ4n) is 1.78. The first-order chi connectivity index (χ1) is 9.56. The molecule has 20 heavy (non-hydrogen) atoms. The summed E-state index contributed by atoms with van der Waals surface area (Å²) in [6.07, 6.45) is 1.89. The Labute approximate surface area is 136 Å². The van der Waals surface area contributed by atoms with Crippen LogP contribution in [0.4, 0.5) is 0 Å². The zero-order valence-corrected chi connectivity index (χ0v) is 14.5. The third kappa shape index (κ3) is 3.17. The van der Waals surface area contributed by atoms with Crippen molar-refractivity contribution in [3.05, 3.63) is 32.2 Å². The molecule has 0 radical (unpaired) electrons. The van der Waals surface area contributed by atoms with E-state index in [0.29, 0.717) is 11.5 Å². The molecule has 0 unspecified atom stereocenters. The van der Waals surface area contributed by atoms with E-state index in [4.69, 9.17) is 4.74 Å². The van der Waals surface area contributed by atoms with E-state index in [1.54, 1.807) is 19.0 Å². The molecular weight excluding hydrogens is 387 g/mol. The number of thioether (sulfide) groups is 1. The van der Waals surface area contributed by atoms with Crippen LogP contribution in [-0.4, -0.2) is 36.7 Å². The van der Waals surface area contributed by atoms with Crippen LogP contribution >= 0.6 is 34.4 Å². The summed E-state index contributed by atoms with van der Waals surface area (Å²) >= 11 is 3.63. The van der Waals surface area contributed by atoms with Crippen molar-refractivity contribution >= 4 is 51.5 Å². The summed E-state index contributed by atoms with van der Waals surface area (Å²) in [4.78, 5) is 18.4. The van der Waals surface area contributed by atoms with Crippen LogP contribution in [0.25, 0.3) is 6.08 Å². The number of benzene rings is 1. The van der Waals surface area contributed by atoms with Crippen molar-refractivity contribution in [3.63, 3.8) is 0 Å². The molecule has 1 aromatic rings. The maximum atomic E-state index is 12.1. The van der Waals surface area contributed by atoms with Crippen LogP contribution in [0, 0.1) is 3.57 Å². The quantitative estimate of drug-likeness (QED) is 0.576. The first kappa shape index (κ1) is 15.4. The Morgan fingerprint density at radius 3 is 2.80 bits per heavy atom. The van der Waals surface area contributed by atoms with Crippen LogP contribution in [0.1, 0.15) is 12.5 Å². The Bertz CT molecular complexity index is 599. The largest absolute Gasteiger partial charge is 0.493 e. The summed E-state index contributed by atoms with van der Waals surface area (Å²) in [5.74, 6) is 0.855. The number of likely N-dealkylation sites (N-methyl/N-ethyl adjacent to an activating group) is 1. The third-order valence-electron chi connectivity index (χ3n) is 2.75. The maximum Gasteiger partial charge on any atom is 0.266 e. The van der Waals surface area contributed by atoms with Gasteiger partial charge in [0.1, 0.15) is 5.75 Å². The van der Waals surface area contributed by atoms with E-state index in [2.05, 4.69) is 27.6 Å². The van der Waals surface area contributed by atoms with Crippen molar-refractivity contribution in [1.82, 2.24) is 4.90 Å². The molecule has 106 valence electrons. The Balaban J connectivity index is 2.28. The van der Waals surface area contributed by atoms with Gasteiger partial charge in [-0.05, 0) is 65.0 Å². The van der Waals surface area contributed by atoms with Gasteiger partial charge in [0.15, 0.2) is 5.17 Å². The molecule has 1 aliphatic rings. The normalized spacial score (nSPS) is 19.2. The number of nitrogens with zero attached hydrogens (tertiary/aromatic N) is 2. The molecular formula is C14H15IN2O2S. The van der Waals surface area contributed by atoms with Crippen molar-refractivity contribution in [1.29, 1.82) is 0 Å². The summed E-state index contributed by atoms with van der Waals surface area (Å²) in [7, 11) is 3.43. The van der Waals surface area contributed by atoms with Crippen LogP contribution in [0.3, 0.4) is 0 Å². The number of halogens is 1. The molecule has 4 nitrogen and oxygen atoms in total. The molecule has 6 heteroatoms. The average molecular weight is 402 g/mol. The van der Waals surface area contributed by atoms with E-state index in [9.17, 15) is 4.79 Å². The highest BCUT2D eigenvalue weighted by Crippen LogP contribution is 2.32. The highest BCUT2D eigenvalue weighted by molar-refractivity contribution is 14.1. The van der Waals surface area contributed by atoms with Gasteiger partial charge < -0.3 is 4.74 Å². The molecule has 0 spiro atoms. The molecule has 0 saturated carbocycles. The van der Waals surface area contributed by atoms with E-state index in [-0.39, 0.29) is 5.91 Å². The average Bonchev–Trinajstić information content (AvgIpc) is 2.70. The van der Waals surface area contributed by atoms with Gasteiger partial charge in [0.2, 0.25) is 0 Å².